The van der Waals surface area contributed by atoms with E-state index in [2.05, 4.69) is 32.4 Å². The van der Waals surface area contributed by atoms with Crippen LogP contribution in [0.5, 0.6) is 0 Å². The van der Waals surface area contributed by atoms with Gasteiger partial charge in [0.05, 0.1) is 11.1 Å². The van der Waals surface area contributed by atoms with Gasteiger partial charge in [-0.15, -0.1) is 0 Å². The number of hydrogen-bond donors (Lipinski definition) is 1. The number of aryl methyl sites for hydroxylation is 1. The topological polar surface area (TPSA) is 58.5 Å². The Bertz CT molecular complexity index is 832. The maximum atomic E-state index is 12.2. The Morgan fingerprint density at radius 3 is 2.57 bits per heavy atom. The molecule has 0 aromatic heterocycles. The van der Waals surface area contributed by atoms with Crippen molar-refractivity contribution in [3.05, 3.63) is 70.1 Å². The van der Waals surface area contributed by atoms with Crippen LogP contribution in [0.25, 0.3) is 0 Å². The average molecular weight is 411 g/mol. The molecule has 1 N–H and O–H groups in total. The molecule has 0 bridgehead atoms. The van der Waals surface area contributed by atoms with Crippen molar-refractivity contribution in [1.29, 1.82) is 0 Å². The molecule has 0 saturated carbocycles. The Morgan fingerprint density at radius 1 is 1.22 bits per heavy atom. The first kappa shape index (κ1) is 17.8. The minimum atomic E-state index is -3.67. The lowest BCUT2D eigenvalue weighted by atomic mass is 10.2. The van der Waals surface area contributed by atoms with Crippen LogP contribution in [0.15, 0.2) is 73.8 Å². The van der Waals surface area contributed by atoms with Crippen LogP contribution in [0.1, 0.15) is 11.1 Å². The minimum absolute atomic E-state index is 0.176. The van der Waals surface area contributed by atoms with E-state index in [-0.39, 0.29) is 4.90 Å². The van der Waals surface area contributed by atoms with Crippen molar-refractivity contribution < 1.29 is 8.42 Å². The van der Waals surface area contributed by atoms with E-state index >= 15 is 0 Å². The molecule has 0 heterocycles. The van der Waals surface area contributed by atoms with E-state index in [1.165, 1.54) is 18.0 Å². The summed E-state index contributed by atoms with van der Waals surface area (Å²) in [6, 6.07) is 12.2. The van der Waals surface area contributed by atoms with Gasteiger partial charge in [-0.05, 0) is 46.5 Å². The normalized spacial score (nSPS) is 11.6. The molecule has 0 fully saturated rings. The quantitative estimate of drug-likeness (QED) is 0.438. The molecule has 0 aliphatic heterocycles. The second-order valence-corrected chi connectivity index (χ2v) is 8.10. The molecule has 0 spiro atoms. The van der Waals surface area contributed by atoms with E-state index < -0.39 is 10.0 Å². The summed E-state index contributed by atoms with van der Waals surface area (Å²) in [6.07, 6.45) is 1.47. The Morgan fingerprint density at radius 2 is 1.91 bits per heavy atom. The highest BCUT2D eigenvalue weighted by Crippen LogP contribution is 2.30. The van der Waals surface area contributed by atoms with Crippen molar-refractivity contribution in [1.82, 2.24) is 4.83 Å². The third-order valence-electron chi connectivity index (χ3n) is 2.91. The Hall–Kier alpha value is -1.57. The van der Waals surface area contributed by atoms with E-state index in [0.29, 0.717) is 0 Å². The monoisotopic (exact) mass is 410 g/mol. The highest BCUT2D eigenvalue weighted by molar-refractivity contribution is 9.10. The smallest absolute Gasteiger partial charge is 0.200 e. The number of sulfonamides is 1. The average Bonchev–Trinajstić information content (AvgIpc) is 2.51. The summed E-state index contributed by atoms with van der Waals surface area (Å²) in [5, 5.41) is 5.57. The summed E-state index contributed by atoms with van der Waals surface area (Å²) < 4.78 is 25.2. The molecule has 2 aromatic carbocycles. The molecule has 120 valence electrons. The predicted octanol–water partition coefficient (Wildman–Crippen LogP) is 4.31. The van der Waals surface area contributed by atoms with E-state index in [0.717, 1.165) is 20.5 Å². The molecular formula is C16H15BrN2O2S2. The summed E-state index contributed by atoms with van der Waals surface area (Å²) >= 11 is 4.89. The molecular weight excluding hydrogens is 396 g/mol. The number of rotatable bonds is 6. The summed E-state index contributed by atoms with van der Waals surface area (Å²) in [5.41, 5.74) is 1.78. The number of hydrazone groups is 1. The molecule has 0 aliphatic carbocycles. The predicted molar refractivity (Wildman–Crippen MR) is 99.3 cm³/mol. The van der Waals surface area contributed by atoms with Crippen LogP contribution in [0.2, 0.25) is 0 Å². The Balaban J connectivity index is 2.20. The van der Waals surface area contributed by atoms with Crippen molar-refractivity contribution in [2.45, 2.75) is 16.7 Å². The highest BCUT2D eigenvalue weighted by atomic mass is 79.9. The van der Waals surface area contributed by atoms with Crippen molar-refractivity contribution in [2.24, 2.45) is 5.10 Å². The van der Waals surface area contributed by atoms with Gasteiger partial charge in [-0.25, -0.2) is 4.83 Å². The maximum absolute atomic E-state index is 12.2. The van der Waals surface area contributed by atoms with Crippen LogP contribution in [0.4, 0.5) is 0 Å². The van der Waals surface area contributed by atoms with Gasteiger partial charge < -0.3 is 0 Å². The molecule has 2 aromatic rings. The largest absolute Gasteiger partial charge is 0.276 e. The van der Waals surface area contributed by atoms with Crippen molar-refractivity contribution in [3.63, 3.8) is 0 Å². The first-order valence-electron chi connectivity index (χ1n) is 6.61. The van der Waals surface area contributed by atoms with Crippen LogP contribution < -0.4 is 4.83 Å². The van der Waals surface area contributed by atoms with Gasteiger partial charge in [-0.2, -0.15) is 13.5 Å². The minimum Gasteiger partial charge on any atom is -0.200 e. The number of halogens is 1. The third-order valence-corrected chi connectivity index (χ3v) is 5.93. The Kier molecular flexibility index (Phi) is 6.04. The number of benzene rings is 2. The highest BCUT2D eigenvalue weighted by Gasteiger charge is 2.12. The zero-order valence-corrected chi connectivity index (χ0v) is 15.6. The second kappa shape index (κ2) is 7.81. The lowest BCUT2D eigenvalue weighted by molar-refractivity contribution is 0.584. The van der Waals surface area contributed by atoms with Crippen LogP contribution >= 0.6 is 27.7 Å². The van der Waals surface area contributed by atoms with Gasteiger partial charge in [0.2, 0.25) is 0 Å². The van der Waals surface area contributed by atoms with Gasteiger partial charge in [-0.3, -0.25) is 0 Å². The van der Waals surface area contributed by atoms with Gasteiger partial charge in [0, 0.05) is 14.9 Å². The molecule has 2 rings (SSSR count). The van der Waals surface area contributed by atoms with Crippen LogP contribution in [0.3, 0.4) is 0 Å². The zero-order chi connectivity index (χ0) is 16.9. The van der Waals surface area contributed by atoms with E-state index in [1.807, 2.05) is 25.1 Å². The number of nitrogens with zero attached hydrogens (tertiary/aromatic N) is 1. The van der Waals surface area contributed by atoms with E-state index in [4.69, 9.17) is 0 Å². The standard InChI is InChI=1S/C16H15BrN2O2S2/c1-3-22-16-13(5-4-6-15(16)17)11-18-19-23(20,21)14-9-7-12(2)8-10-14/h3-11,19H,1H2,2H3/b18-11-. The third kappa shape index (κ3) is 4.70. The molecule has 0 radical (unpaired) electrons. The summed E-state index contributed by atoms with van der Waals surface area (Å²) in [7, 11) is -3.67. The lowest BCUT2D eigenvalue weighted by Gasteiger charge is -2.06. The SMILES string of the molecule is C=CSc1c(Br)cccc1/C=N\NS(=O)(=O)c1ccc(C)cc1. The van der Waals surface area contributed by atoms with Gasteiger partial charge in [-0.1, -0.05) is 48.2 Å². The Labute approximate surface area is 148 Å². The van der Waals surface area contributed by atoms with Crippen molar-refractivity contribution in [2.75, 3.05) is 0 Å². The number of hydrogen-bond acceptors (Lipinski definition) is 4. The van der Waals surface area contributed by atoms with Crippen LogP contribution in [-0.2, 0) is 10.0 Å². The number of nitrogens with one attached hydrogen (secondary N) is 1. The summed E-state index contributed by atoms with van der Waals surface area (Å²) in [6.45, 7) is 5.59. The molecule has 0 unspecified atom stereocenters. The first-order chi connectivity index (χ1) is 10.9. The molecule has 23 heavy (non-hydrogen) atoms. The molecule has 0 saturated heterocycles. The zero-order valence-electron chi connectivity index (χ0n) is 12.4. The van der Waals surface area contributed by atoms with Gasteiger partial charge >= 0.3 is 0 Å². The van der Waals surface area contributed by atoms with Crippen LogP contribution in [0, 0.1) is 6.92 Å². The van der Waals surface area contributed by atoms with Crippen molar-refractivity contribution >= 4 is 43.9 Å². The van der Waals surface area contributed by atoms with E-state index in [9.17, 15) is 8.42 Å². The fourth-order valence-electron chi connectivity index (χ4n) is 1.77. The first-order valence-corrected chi connectivity index (χ1v) is 9.77. The molecule has 0 amide bonds. The van der Waals surface area contributed by atoms with Crippen molar-refractivity contribution in [3.8, 4) is 0 Å². The van der Waals surface area contributed by atoms with Gasteiger partial charge in [0.25, 0.3) is 10.0 Å². The summed E-state index contributed by atoms with van der Waals surface area (Å²) in [5.74, 6) is 0. The molecule has 0 atom stereocenters. The maximum Gasteiger partial charge on any atom is 0.276 e. The summed E-state index contributed by atoms with van der Waals surface area (Å²) in [4.78, 5) is 3.32. The molecule has 7 heteroatoms. The fourth-order valence-corrected chi connectivity index (χ4v) is 3.83. The van der Waals surface area contributed by atoms with Gasteiger partial charge in [0.15, 0.2) is 0 Å². The molecule has 4 nitrogen and oxygen atoms in total. The lowest BCUT2D eigenvalue weighted by Crippen LogP contribution is -2.18. The number of thioether (sulfide) groups is 1. The fraction of sp³-hybridized carbons (Fsp3) is 0.0625. The molecule has 0 aliphatic rings. The van der Waals surface area contributed by atoms with Gasteiger partial charge in [0.1, 0.15) is 0 Å². The second-order valence-electron chi connectivity index (χ2n) is 4.61. The van der Waals surface area contributed by atoms with Crippen LogP contribution in [-0.4, -0.2) is 14.6 Å². The van der Waals surface area contributed by atoms with E-state index in [1.54, 1.807) is 29.7 Å².